The summed E-state index contributed by atoms with van der Waals surface area (Å²) in [5, 5.41) is 2.77. The van der Waals surface area contributed by atoms with Crippen molar-refractivity contribution in [2.24, 2.45) is 0 Å². The Bertz CT molecular complexity index is 1040. The van der Waals surface area contributed by atoms with Crippen molar-refractivity contribution in [3.63, 3.8) is 0 Å². The van der Waals surface area contributed by atoms with E-state index in [0.29, 0.717) is 32.6 Å². The first-order valence-corrected chi connectivity index (χ1v) is 11.4. The zero-order valence-electron chi connectivity index (χ0n) is 16.7. The summed E-state index contributed by atoms with van der Waals surface area (Å²) in [6.45, 7) is 3.95. The minimum atomic E-state index is -3.68. The molecule has 3 heterocycles. The molecule has 0 spiro atoms. The maximum absolute atomic E-state index is 13.1. The summed E-state index contributed by atoms with van der Waals surface area (Å²) in [6.07, 6.45) is 2.05. The number of carbonyl (C=O) groups is 2. The molecule has 2 aliphatic rings. The lowest BCUT2D eigenvalue weighted by molar-refractivity contribution is 0.0666. The molecule has 0 atom stereocenters. The maximum Gasteiger partial charge on any atom is 0.321 e. The molecular weight excluding hydrogens is 408 g/mol. The third kappa shape index (κ3) is 3.68. The van der Waals surface area contributed by atoms with Gasteiger partial charge in [-0.2, -0.15) is 4.31 Å². The smallest absolute Gasteiger partial charge is 0.321 e. The van der Waals surface area contributed by atoms with E-state index in [1.165, 1.54) is 10.6 Å². The van der Waals surface area contributed by atoms with Gasteiger partial charge < -0.3 is 14.6 Å². The van der Waals surface area contributed by atoms with Crippen LogP contribution in [-0.2, 0) is 16.4 Å². The van der Waals surface area contributed by atoms with Crippen molar-refractivity contribution in [3.05, 3.63) is 47.9 Å². The summed E-state index contributed by atoms with van der Waals surface area (Å²) in [6, 6.07) is 7.97. The van der Waals surface area contributed by atoms with Crippen LogP contribution in [0.5, 0.6) is 0 Å². The van der Waals surface area contributed by atoms with E-state index in [1.807, 2.05) is 6.92 Å². The van der Waals surface area contributed by atoms with Crippen LogP contribution < -0.4 is 10.2 Å². The van der Waals surface area contributed by atoms with Gasteiger partial charge in [-0.3, -0.25) is 9.69 Å². The molecule has 3 amide bonds. The van der Waals surface area contributed by atoms with E-state index >= 15 is 0 Å². The first-order chi connectivity index (χ1) is 14.4. The second-order valence-electron chi connectivity index (χ2n) is 7.20. The van der Waals surface area contributed by atoms with Crippen LogP contribution in [0.2, 0.25) is 0 Å². The highest BCUT2D eigenvalue weighted by atomic mass is 32.2. The highest BCUT2D eigenvalue weighted by molar-refractivity contribution is 7.89. The molecule has 2 aliphatic heterocycles. The van der Waals surface area contributed by atoms with Crippen LogP contribution in [0.4, 0.5) is 10.5 Å². The molecule has 1 fully saturated rings. The number of hydrogen-bond acceptors (Lipinski definition) is 5. The molecule has 0 aliphatic carbocycles. The van der Waals surface area contributed by atoms with E-state index in [4.69, 9.17) is 4.42 Å². The molecule has 1 aromatic heterocycles. The zero-order chi connectivity index (χ0) is 21.3. The summed E-state index contributed by atoms with van der Waals surface area (Å²) >= 11 is 0. The van der Waals surface area contributed by atoms with Gasteiger partial charge in [0.2, 0.25) is 10.0 Å². The predicted octanol–water partition coefficient (Wildman–Crippen LogP) is 1.52. The monoisotopic (exact) mass is 432 g/mol. The third-order valence-electron chi connectivity index (χ3n) is 5.42. The highest BCUT2D eigenvalue weighted by Crippen LogP contribution is 2.31. The number of rotatable bonds is 4. The van der Waals surface area contributed by atoms with Crippen LogP contribution in [0.15, 0.2) is 45.9 Å². The van der Waals surface area contributed by atoms with Crippen molar-refractivity contribution in [1.82, 2.24) is 14.5 Å². The van der Waals surface area contributed by atoms with Gasteiger partial charge in [0.1, 0.15) is 0 Å². The zero-order valence-corrected chi connectivity index (χ0v) is 17.5. The number of piperazine rings is 1. The van der Waals surface area contributed by atoms with E-state index in [0.717, 1.165) is 11.3 Å². The van der Waals surface area contributed by atoms with Crippen LogP contribution >= 0.6 is 0 Å². The summed E-state index contributed by atoms with van der Waals surface area (Å²) in [7, 11) is -3.68. The molecule has 160 valence electrons. The van der Waals surface area contributed by atoms with Crippen LogP contribution in [0.25, 0.3) is 0 Å². The van der Waals surface area contributed by atoms with Gasteiger partial charge >= 0.3 is 6.03 Å². The second kappa shape index (κ2) is 8.11. The maximum atomic E-state index is 13.1. The lowest BCUT2D eigenvalue weighted by Gasteiger charge is -2.33. The van der Waals surface area contributed by atoms with E-state index in [9.17, 15) is 18.0 Å². The predicted molar refractivity (Wildman–Crippen MR) is 110 cm³/mol. The third-order valence-corrected chi connectivity index (χ3v) is 7.31. The summed E-state index contributed by atoms with van der Waals surface area (Å²) in [5.74, 6) is 0.0154. The molecule has 9 nitrogen and oxygen atoms in total. The Morgan fingerprint density at radius 1 is 1.10 bits per heavy atom. The average molecular weight is 433 g/mol. The van der Waals surface area contributed by atoms with E-state index in [2.05, 4.69) is 5.32 Å². The summed E-state index contributed by atoms with van der Waals surface area (Å²) < 4.78 is 32.8. The number of fused-ring (bicyclic) bond motifs is 1. The Balaban J connectivity index is 1.46. The Hall–Kier alpha value is -2.85. The summed E-state index contributed by atoms with van der Waals surface area (Å²) in [5.41, 5.74) is 1.59. The molecule has 30 heavy (non-hydrogen) atoms. The molecule has 0 bridgehead atoms. The van der Waals surface area contributed by atoms with Crippen molar-refractivity contribution in [2.75, 3.05) is 44.2 Å². The average Bonchev–Trinajstić information content (AvgIpc) is 3.43. The minimum absolute atomic E-state index is 0.177. The Morgan fingerprint density at radius 3 is 2.53 bits per heavy atom. The molecule has 10 heteroatoms. The SMILES string of the molecule is CCNC(=O)N1CCc2cc(S(=O)(=O)N3CCN(C(=O)c4ccco4)CC3)ccc21. The first kappa shape index (κ1) is 20.4. The molecular formula is C20H24N4O5S. The topological polar surface area (TPSA) is 103 Å². The van der Waals surface area contributed by atoms with E-state index < -0.39 is 10.0 Å². The number of anilines is 1. The quantitative estimate of drug-likeness (QED) is 0.789. The fraction of sp³-hybridized carbons (Fsp3) is 0.400. The van der Waals surface area contributed by atoms with Gasteiger partial charge in [-0.05, 0) is 49.2 Å². The fourth-order valence-electron chi connectivity index (χ4n) is 3.83. The normalized spacial score (nSPS) is 17.1. The van der Waals surface area contributed by atoms with Crippen LogP contribution in [-0.4, -0.2) is 68.8 Å². The Kier molecular flexibility index (Phi) is 5.52. The van der Waals surface area contributed by atoms with Gasteiger partial charge in [0.25, 0.3) is 5.91 Å². The molecule has 1 saturated heterocycles. The lowest BCUT2D eigenvalue weighted by Crippen LogP contribution is -2.50. The largest absolute Gasteiger partial charge is 0.459 e. The Labute approximate surface area is 175 Å². The standard InChI is InChI=1S/C20H24N4O5S/c1-2-21-20(26)24-8-7-15-14-16(5-6-17(15)24)30(27,28)23-11-9-22(10-12-23)19(25)18-4-3-13-29-18/h3-6,13-14H,2,7-12H2,1H3,(H,21,26). The number of nitrogens with one attached hydrogen (secondary N) is 1. The first-order valence-electron chi connectivity index (χ1n) is 9.93. The minimum Gasteiger partial charge on any atom is -0.459 e. The summed E-state index contributed by atoms with van der Waals surface area (Å²) in [4.78, 5) is 28.0. The van der Waals surface area contributed by atoms with Gasteiger partial charge in [-0.15, -0.1) is 0 Å². The van der Waals surface area contributed by atoms with Crippen LogP contribution in [0.1, 0.15) is 23.0 Å². The van der Waals surface area contributed by atoms with Crippen LogP contribution in [0, 0.1) is 0 Å². The highest BCUT2D eigenvalue weighted by Gasteiger charge is 2.33. The van der Waals surface area contributed by atoms with Gasteiger partial charge in [0.15, 0.2) is 5.76 Å². The van der Waals surface area contributed by atoms with Crippen molar-refractivity contribution in [1.29, 1.82) is 0 Å². The molecule has 4 rings (SSSR count). The fourth-order valence-corrected chi connectivity index (χ4v) is 5.31. The molecule has 1 N–H and O–H groups in total. The van der Waals surface area contributed by atoms with Crippen molar-refractivity contribution < 1.29 is 22.4 Å². The molecule has 0 saturated carbocycles. The van der Waals surface area contributed by atoms with Gasteiger partial charge in [0, 0.05) is 45.0 Å². The molecule has 1 aromatic carbocycles. The Morgan fingerprint density at radius 2 is 1.87 bits per heavy atom. The van der Waals surface area contributed by atoms with E-state index in [-0.39, 0.29) is 35.7 Å². The number of sulfonamides is 1. The molecule has 2 aromatic rings. The molecule has 0 radical (unpaired) electrons. The van der Waals surface area contributed by atoms with Gasteiger partial charge in [-0.1, -0.05) is 0 Å². The van der Waals surface area contributed by atoms with Crippen molar-refractivity contribution in [3.8, 4) is 0 Å². The number of furan rings is 1. The number of nitrogens with zero attached hydrogens (tertiary/aromatic N) is 3. The second-order valence-corrected chi connectivity index (χ2v) is 9.14. The lowest BCUT2D eigenvalue weighted by atomic mass is 10.2. The van der Waals surface area contributed by atoms with Gasteiger partial charge in [0.05, 0.1) is 11.2 Å². The number of benzene rings is 1. The van der Waals surface area contributed by atoms with E-state index in [1.54, 1.807) is 40.1 Å². The van der Waals surface area contributed by atoms with Crippen molar-refractivity contribution >= 4 is 27.6 Å². The van der Waals surface area contributed by atoms with Crippen LogP contribution in [0.3, 0.4) is 0 Å². The molecule has 0 unspecified atom stereocenters. The number of hydrogen-bond donors (Lipinski definition) is 1. The number of urea groups is 1. The number of carbonyl (C=O) groups excluding carboxylic acids is 2. The number of amides is 3. The van der Waals surface area contributed by atoms with Crippen molar-refractivity contribution in [2.45, 2.75) is 18.2 Å². The van der Waals surface area contributed by atoms with Gasteiger partial charge in [-0.25, -0.2) is 13.2 Å².